The van der Waals surface area contributed by atoms with Gasteiger partial charge in [0.1, 0.15) is 5.82 Å². The first kappa shape index (κ1) is 10.1. The van der Waals surface area contributed by atoms with Gasteiger partial charge in [-0.25, -0.2) is 9.67 Å². The van der Waals surface area contributed by atoms with E-state index < -0.39 is 0 Å². The molecule has 0 amide bonds. The molecular weight excluding hydrogens is 270 g/mol. The molecule has 0 aliphatic carbocycles. The van der Waals surface area contributed by atoms with E-state index in [0.29, 0.717) is 16.4 Å². The molecule has 4 nitrogen and oxygen atoms in total. The Morgan fingerprint density at radius 3 is 3.12 bits per heavy atom. The van der Waals surface area contributed by atoms with Crippen molar-refractivity contribution in [1.82, 2.24) is 14.8 Å². The maximum absolute atomic E-state index is 5.45. The summed E-state index contributed by atoms with van der Waals surface area (Å²) in [5.41, 5.74) is 0. The third-order valence-corrected chi connectivity index (χ3v) is 3.31. The molecule has 3 heterocycles. The van der Waals surface area contributed by atoms with E-state index in [1.165, 1.54) is 6.42 Å². The first-order valence-electron chi connectivity index (χ1n) is 5.42. The van der Waals surface area contributed by atoms with Crippen LogP contribution in [-0.2, 0) is 13.0 Å². The maximum Gasteiger partial charge on any atom is 0.217 e. The standard InChI is InChI=1S/C11H12BrN3O/c1-7-2-5-10-13-11(14-15(10)6-7)8-3-4-9(12)16-8/h3-4,7H,2,5-6H2,1H3. The molecule has 0 fully saturated rings. The second-order valence-corrected chi connectivity index (χ2v) is 5.06. The highest BCUT2D eigenvalue weighted by Gasteiger charge is 2.20. The second kappa shape index (κ2) is 3.73. The number of rotatable bonds is 1. The van der Waals surface area contributed by atoms with Gasteiger partial charge < -0.3 is 4.42 Å². The van der Waals surface area contributed by atoms with Gasteiger partial charge in [-0.05, 0) is 40.4 Å². The Hall–Kier alpha value is -1.10. The number of aromatic nitrogens is 3. The highest BCUT2D eigenvalue weighted by atomic mass is 79.9. The fourth-order valence-corrected chi connectivity index (χ4v) is 2.31. The zero-order valence-corrected chi connectivity index (χ0v) is 10.6. The molecular formula is C11H12BrN3O. The summed E-state index contributed by atoms with van der Waals surface area (Å²) in [4.78, 5) is 4.51. The van der Waals surface area contributed by atoms with Gasteiger partial charge in [0, 0.05) is 13.0 Å². The van der Waals surface area contributed by atoms with E-state index in [1.54, 1.807) is 0 Å². The Balaban J connectivity index is 1.98. The molecule has 0 aromatic carbocycles. The van der Waals surface area contributed by atoms with Crippen LogP contribution in [0.25, 0.3) is 11.6 Å². The van der Waals surface area contributed by atoms with Crippen LogP contribution in [0.15, 0.2) is 21.2 Å². The van der Waals surface area contributed by atoms with Crippen LogP contribution in [0, 0.1) is 5.92 Å². The molecule has 0 spiro atoms. The summed E-state index contributed by atoms with van der Waals surface area (Å²) in [5.74, 6) is 3.17. The van der Waals surface area contributed by atoms with Crippen molar-refractivity contribution in [3.8, 4) is 11.6 Å². The molecule has 2 aromatic rings. The summed E-state index contributed by atoms with van der Waals surface area (Å²) in [6.07, 6.45) is 2.20. The van der Waals surface area contributed by atoms with Crippen molar-refractivity contribution in [3.05, 3.63) is 22.6 Å². The first-order valence-corrected chi connectivity index (χ1v) is 6.21. The minimum Gasteiger partial charge on any atom is -0.446 e. The van der Waals surface area contributed by atoms with Crippen LogP contribution in [0.4, 0.5) is 0 Å². The van der Waals surface area contributed by atoms with Crippen LogP contribution in [0.5, 0.6) is 0 Å². The molecule has 0 bridgehead atoms. The highest BCUT2D eigenvalue weighted by molar-refractivity contribution is 9.10. The fourth-order valence-electron chi connectivity index (χ4n) is 2.01. The van der Waals surface area contributed by atoms with Crippen LogP contribution < -0.4 is 0 Å². The smallest absolute Gasteiger partial charge is 0.217 e. The van der Waals surface area contributed by atoms with Gasteiger partial charge in [-0.2, -0.15) is 0 Å². The van der Waals surface area contributed by atoms with Gasteiger partial charge in [0.15, 0.2) is 10.4 Å². The largest absolute Gasteiger partial charge is 0.446 e. The zero-order valence-electron chi connectivity index (χ0n) is 8.98. The molecule has 1 aliphatic rings. The molecule has 3 rings (SSSR count). The van der Waals surface area contributed by atoms with Gasteiger partial charge >= 0.3 is 0 Å². The third-order valence-electron chi connectivity index (χ3n) is 2.89. The van der Waals surface area contributed by atoms with Gasteiger partial charge in [-0.3, -0.25) is 0 Å². The molecule has 0 radical (unpaired) electrons. The molecule has 1 unspecified atom stereocenters. The van der Waals surface area contributed by atoms with Gasteiger partial charge in [0.2, 0.25) is 5.82 Å². The zero-order chi connectivity index (χ0) is 11.1. The lowest BCUT2D eigenvalue weighted by Crippen LogP contribution is -2.18. The van der Waals surface area contributed by atoms with Crippen LogP contribution in [0.2, 0.25) is 0 Å². The Morgan fingerprint density at radius 2 is 2.38 bits per heavy atom. The van der Waals surface area contributed by atoms with E-state index in [4.69, 9.17) is 4.42 Å². The third kappa shape index (κ3) is 1.69. The lowest BCUT2D eigenvalue weighted by Gasteiger charge is -2.17. The van der Waals surface area contributed by atoms with Crippen molar-refractivity contribution in [1.29, 1.82) is 0 Å². The first-order chi connectivity index (χ1) is 7.72. The van der Waals surface area contributed by atoms with Crippen molar-refractivity contribution in [2.24, 2.45) is 5.92 Å². The Kier molecular flexibility index (Phi) is 2.35. The van der Waals surface area contributed by atoms with Crippen LogP contribution >= 0.6 is 15.9 Å². The number of nitrogens with zero attached hydrogens (tertiary/aromatic N) is 3. The van der Waals surface area contributed by atoms with Gasteiger partial charge in [-0.15, -0.1) is 5.10 Å². The number of aryl methyl sites for hydroxylation is 1. The number of fused-ring (bicyclic) bond motifs is 1. The number of halogens is 1. The van der Waals surface area contributed by atoms with E-state index >= 15 is 0 Å². The van der Waals surface area contributed by atoms with Crippen LogP contribution in [0.3, 0.4) is 0 Å². The molecule has 0 N–H and O–H groups in total. The van der Waals surface area contributed by atoms with Gasteiger partial charge in [0.05, 0.1) is 0 Å². The summed E-state index contributed by atoms with van der Waals surface area (Å²) in [5, 5.41) is 4.48. The predicted molar refractivity (Wildman–Crippen MR) is 62.9 cm³/mol. The number of hydrogen-bond donors (Lipinski definition) is 0. The fraction of sp³-hybridized carbons (Fsp3) is 0.455. The molecule has 0 saturated heterocycles. The molecule has 2 aromatic heterocycles. The normalized spacial score (nSPS) is 19.8. The summed E-state index contributed by atoms with van der Waals surface area (Å²) >= 11 is 3.28. The average Bonchev–Trinajstić information content (AvgIpc) is 2.83. The lowest BCUT2D eigenvalue weighted by molar-refractivity contribution is 0.368. The van der Waals surface area contributed by atoms with Crippen molar-refractivity contribution < 1.29 is 4.42 Å². The summed E-state index contributed by atoms with van der Waals surface area (Å²) in [6, 6.07) is 3.74. The van der Waals surface area contributed by atoms with Crippen LogP contribution in [-0.4, -0.2) is 14.8 Å². The van der Waals surface area contributed by atoms with E-state index in [0.717, 1.165) is 24.6 Å². The quantitative estimate of drug-likeness (QED) is 0.807. The van der Waals surface area contributed by atoms with E-state index in [-0.39, 0.29) is 0 Å². The molecule has 1 atom stereocenters. The molecule has 16 heavy (non-hydrogen) atoms. The highest BCUT2D eigenvalue weighted by Crippen LogP contribution is 2.25. The maximum atomic E-state index is 5.45. The predicted octanol–water partition coefficient (Wildman–Crippen LogP) is 2.88. The van der Waals surface area contributed by atoms with Gasteiger partial charge in [-0.1, -0.05) is 6.92 Å². The molecule has 5 heteroatoms. The average molecular weight is 282 g/mol. The molecule has 84 valence electrons. The van der Waals surface area contributed by atoms with E-state index in [1.807, 2.05) is 16.8 Å². The van der Waals surface area contributed by atoms with E-state index in [2.05, 4.69) is 32.9 Å². The summed E-state index contributed by atoms with van der Waals surface area (Å²) < 4.78 is 8.16. The van der Waals surface area contributed by atoms with Crippen molar-refractivity contribution in [2.75, 3.05) is 0 Å². The Bertz CT molecular complexity index is 517. The second-order valence-electron chi connectivity index (χ2n) is 4.28. The summed E-state index contributed by atoms with van der Waals surface area (Å²) in [6.45, 7) is 3.21. The minimum absolute atomic E-state index is 0.686. The van der Waals surface area contributed by atoms with Crippen LogP contribution in [0.1, 0.15) is 19.2 Å². The lowest BCUT2D eigenvalue weighted by atomic mass is 10.0. The summed E-state index contributed by atoms with van der Waals surface area (Å²) in [7, 11) is 0. The topological polar surface area (TPSA) is 43.9 Å². The van der Waals surface area contributed by atoms with E-state index in [9.17, 15) is 0 Å². The minimum atomic E-state index is 0.686. The number of furan rings is 1. The number of hydrogen-bond acceptors (Lipinski definition) is 3. The van der Waals surface area contributed by atoms with Gasteiger partial charge in [0.25, 0.3) is 0 Å². The monoisotopic (exact) mass is 281 g/mol. The Morgan fingerprint density at radius 1 is 1.50 bits per heavy atom. The van der Waals surface area contributed by atoms with Crippen molar-refractivity contribution in [3.63, 3.8) is 0 Å². The SMILES string of the molecule is CC1CCc2nc(-c3ccc(Br)o3)nn2C1. The van der Waals surface area contributed by atoms with Crippen molar-refractivity contribution in [2.45, 2.75) is 26.3 Å². The molecule has 0 saturated carbocycles. The molecule has 1 aliphatic heterocycles. The Labute approximate surface area is 102 Å². The van der Waals surface area contributed by atoms with Crippen molar-refractivity contribution >= 4 is 15.9 Å².